The van der Waals surface area contributed by atoms with E-state index in [1.54, 1.807) is 5.38 Å². The molecule has 0 aliphatic carbocycles. The molecule has 0 spiro atoms. The fraction of sp³-hybridized carbons (Fsp3) is 0.474. The van der Waals surface area contributed by atoms with E-state index in [2.05, 4.69) is 27.3 Å². The first-order valence-electron chi connectivity index (χ1n) is 9.24. The van der Waals surface area contributed by atoms with Crippen LogP contribution in [0.3, 0.4) is 0 Å². The van der Waals surface area contributed by atoms with Crippen molar-refractivity contribution in [1.29, 1.82) is 0 Å². The van der Waals surface area contributed by atoms with Crippen molar-refractivity contribution in [2.75, 3.05) is 11.9 Å². The largest absolute Gasteiger partial charge is 0.573 e. The third kappa shape index (κ3) is 8.16. The smallest absolute Gasteiger partial charge is 0.406 e. The molecule has 1 amide bonds. The molecule has 154 valence electrons. The lowest BCUT2D eigenvalue weighted by Crippen LogP contribution is -2.24. The van der Waals surface area contributed by atoms with Gasteiger partial charge in [0.05, 0.1) is 0 Å². The molecule has 0 fully saturated rings. The molecule has 1 aromatic heterocycles. The number of anilines is 2. The van der Waals surface area contributed by atoms with Crippen molar-refractivity contribution >= 4 is 28.1 Å². The van der Waals surface area contributed by atoms with E-state index in [0.717, 1.165) is 12.8 Å². The molecule has 0 saturated carbocycles. The second kappa shape index (κ2) is 10.9. The molecule has 9 heteroatoms. The van der Waals surface area contributed by atoms with E-state index in [1.807, 2.05) is 0 Å². The summed E-state index contributed by atoms with van der Waals surface area (Å²) in [7, 11) is 0. The van der Waals surface area contributed by atoms with Crippen LogP contribution in [0.5, 0.6) is 5.75 Å². The van der Waals surface area contributed by atoms with Crippen LogP contribution >= 0.6 is 11.3 Å². The van der Waals surface area contributed by atoms with E-state index in [9.17, 15) is 18.0 Å². The third-order valence-electron chi connectivity index (χ3n) is 3.89. The third-order valence-corrected chi connectivity index (χ3v) is 4.65. The summed E-state index contributed by atoms with van der Waals surface area (Å²) in [5.41, 5.74) is 0.860. The van der Waals surface area contributed by atoms with Crippen molar-refractivity contribution in [3.8, 4) is 5.75 Å². The number of nitrogens with zero attached hydrogens (tertiary/aromatic N) is 1. The number of carbonyl (C=O) groups excluding carboxylic acids is 1. The van der Waals surface area contributed by atoms with Gasteiger partial charge in [0.25, 0.3) is 5.91 Å². The van der Waals surface area contributed by atoms with Crippen LogP contribution in [0.15, 0.2) is 29.6 Å². The van der Waals surface area contributed by atoms with Crippen molar-refractivity contribution in [2.24, 2.45) is 0 Å². The molecule has 0 bridgehead atoms. The lowest BCUT2D eigenvalue weighted by Gasteiger charge is -2.09. The number of hydrogen-bond acceptors (Lipinski definition) is 5. The minimum atomic E-state index is -4.72. The predicted molar refractivity (Wildman–Crippen MR) is 104 cm³/mol. The van der Waals surface area contributed by atoms with Gasteiger partial charge in [0, 0.05) is 17.6 Å². The number of hydrogen-bond donors (Lipinski definition) is 2. The first kappa shape index (κ1) is 22.0. The van der Waals surface area contributed by atoms with Crippen LogP contribution < -0.4 is 15.4 Å². The van der Waals surface area contributed by atoms with E-state index in [4.69, 9.17) is 0 Å². The molecule has 1 heterocycles. The number of thiazole rings is 1. The fourth-order valence-electron chi connectivity index (χ4n) is 2.50. The van der Waals surface area contributed by atoms with Crippen molar-refractivity contribution < 1.29 is 22.7 Å². The van der Waals surface area contributed by atoms with Gasteiger partial charge in [-0.05, 0) is 30.7 Å². The van der Waals surface area contributed by atoms with E-state index in [-0.39, 0.29) is 11.7 Å². The van der Waals surface area contributed by atoms with Crippen LogP contribution in [-0.4, -0.2) is 23.8 Å². The fourth-order valence-corrected chi connectivity index (χ4v) is 3.21. The zero-order valence-electron chi connectivity index (χ0n) is 15.6. The maximum atomic E-state index is 12.2. The summed E-state index contributed by atoms with van der Waals surface area (Å²) in [6.45, 7) is 2.79. The minimum Gasteiger partial charge on any atom is -0.406 e. The Balaban J connectivity index is 1.76. The van der Waals surface area contributed by atoms with Gasteiger partial charge in [-0.15, -0.1) is 24.5 Å². The lowest BCUT2D eigenvalue weighted by molar-refractivity contribution is -0.274. The minimum absolute atomic E-state index is 0.230. The average Bonchev–Trinajstić information content (AvgIpc) is 3.10. The summed E-state index contributed by atoms with van der Waals surface area (Å²) >= 11 is 1.25. The van der Waals surface area contributed by atoms with Gasteiger partial charge in [-0.3, -0.25) is 4.79 Å². The molecule has 2 aromatic rings. The van der Waals surface area contributed by atoms with Crippen LogP contribution in [0.4, 0.5) is 24.0 Å². The molecular weight excluding hydrogens is 391 g/mol. The molecular formula is C19H24F3N3O2S. The molecule has 28 heavy (non-hydrogen) atoms. The normalized spacial score (nSPS) is 11.3. The van der Waals surface area contributed by atoms with E-state index in [1.165, 1.54) is 61.3 Å². The van der Waals surface area contributed by atoms with Gasteiger partial charge in [0.2, 0.25) is 0 Å². The average molecular weight is 415 g/mol. The molecule has 0 aliphatic rings. The van der Waals surface area contributed by atoms with Gasteiger partial charge in [0.1, 0.15) is 11.4 Å². The lowest BCUT2D eigenvalue weighted by atomic mass is 10.1. The van der Waals surface area contributed by atoms with Gasteiger partial charge >= 0.3 is 6.36 Å². The Morgan fingerprint density at radius 1 is 1.11 bits per heavy atom. The molecule has 2 rings (SSSR count). The molecule has 1 aromatic carbocycles. The van der Waals surface area contributed by atoms with Crippen molar-refractivity contribution in [2.45, 2.75) is 51.8 Å². The highest BCUT2D eigenvalue weighted by molar-refractivity contribution is 7.14. The molecule has 0 aliphatic heterocycles. The summed E-state index contributed by atoms with van der Waals surface area (Å²) in [5.74, 6) is -0.529. The molecule has 5 nitrogen and oxygen atoms in total. The zero-order valence-corrected chi connectivity index (χ0v) is 16.5. The van der Waals surface area contributed by atoms with Crippen LogP contribution in [-0.2, 0) is 0 Å². The Morgan fingerprint density at radius 3 is 2.46 bits per heavy atom. The number of halogens is 3. The Labute approximate surface area is 166 Å². The highest BCUT2D eigenvalue weighted by atomic mass is 32.1. The molecule has 0 radical (unpaired) electrons. The number of carbonyl (C=O) groups is 1. The first-order chi connectivity index (χ1) is 13.4. The second-order valence-corrected chi connectivity index (χ2v) is 7.12. The van der Waals surface area contributed by atoms with Crippen LogP contribution in [0, 0.1) is 0 Å². The Kier molecular flexibility index (Phi) is 8.56. The first-order valence-corrected chi connectivity index (χ1v) is 10.1. The van der Waals surface area contributed by atoms with Crippen molar-refractivity contribution in [3.05, 3.63) is 35.3 Å². The molecule has 0 atom stereocenters. The quantitative estimate of drug-likeness (QED) is 0.450. The SMILES string of the molecule is CCCCCCCCNC(=O)c1csc(Nc2ccc(OC(F)(F)F)cc2)n1. The molecule has 0 saturated heterocycles. The van der Waals surface area contributed by atoms with E-state index < -0.39 is 6.36 Å². The van der Waals surface area contributed by atoms with Crippen LogP contribution in [0.25, 0.3) is 0 Å². The topological polar surface area (TPSA) is 63.2 Å². The predicted octanol–water partition coefficient (Wildman–Crippen LogP) is 5.88. The van der Waals surface area contributed by atoms with E-state index in [0.29, 0.717) is 23.1 Å². The number of ether oxygens (including phenoxy) is 1. The molecule has 0 unspecified atom stereocenters. The highest BCUT2D eigenvalue weighted by Gasteiger charge is 2.30. The Bertz CT molecular complexity index is 733. The second-order valence-electron chi connectivity index (χ2n) is 6.26. The number of nitrogens with one attached hydrogen (secondary N) is 2. The van der Waals surface area contributed by atoms with Crippen molar-refractivity contribution in [1.82, 2.24) is 10.3 Å². The van der Waals surface area contributed by atoms with Gasteiger partial charge in [-0.2, -0.15) is 0 Å². The van der Waals surface area contributed by atoms with Gasteiger partial charge in [-0.1, -0.05) is 39.0 Å². The number of rotatable bonds is 11. The van der Waals surface area contributed by atoms with E-state index >= 15 is 0 Å². The summed E-state index contributed by atoms with van der Waals surface area (Å²) < 4.78 is 40.3. The van der Waals surface area contributed by atoms with Gasteiger partial charge < -0.3 is 15.4 Å². The Morgan fingerprint density at radius 2 is 1.79 bits per heavy atom. The zero-order chi connectivity index (χ0) is 20.4. The van der Waals surface area contributed by atoms with Crippen LogP contribution in [0.1, 0.15) is 55.9 Å². The summed E-state index contributed by atoms with van der Waals surface area (Å²) in [6.07, 6.45) is 2.19. The maximum Gasteiger partial charge on any atom is 0.573 e. The number of amides is 1. The van der Waals surface area contributed by atoms with Crippen LogP contribution in [0.2, 0.25) is 0 Å². The summed E-state index contributed by atoms with van der Waals surface area (Å²) in [4.78, 5) is 16.3. The summed E-state index contributed by atoms with van der Waals surface area (Å²) in [5, 5.41) is 7.93. The molecule has 2 N–H and O–H groups in total. The monoisotopic (exact) mass is 415 g/mol. The Hall–Kier alpha value is -2.29. The summed E-state index contributed by atoms with van der Waals surface area (Å²) in [6, 6.07) is 5.30. The number of aromatic nitrogens is 1. The van der Waals surface area contributed by atoms with Gasteiger partial charge in [-0.25, -0.2) is 4.98 Å². The number of unbranched alkanes of at least 4 members (excludes halogenated alkanes) is 5. The van der Waals surface area contributed by atoms with Crippen molar-refractivity contribution in [3.63, 3.8) is 0 Å². The number of benzene rings is 1. The standard InChI is InChI=1S/C19H24F3N3O2S/c1-2-3-4-5-6-7-12-23-17(26)16-13-28-18(25-16)24-14-8-10-15(11-9-14)27-19(20,21)22/h8-11,13H,2-7,12H2,1H3,(H,23,26)(H,24,25). The maximum absolute atomic E-state index is 12.2. The highest BCUT2D eigenvalue weighted by Crippen LogP contribution is 2.26. The number of alkyl halides is 3. The van der Waals surface area contributed by atoms with Gasteiger partial charge in [0.15, 0.2) is 5.13 Å².